The number of anilines is 1. The van der Waals surface area contributed by atoms with Gasteiger partial charge in [0.2, 0.25) is 0 Å². The molecule has 0 bridgehead atoms. The van der Waals surface area contributed by atoms with Crippen molar-refractivity contribution >= 4 is 11.9 Å². The molecule has 7 nitrogen and oxygen atoms in total. The summed E-state index contributed by atoms with van der Waals surface area (Å²) in [5.74, 6) is 0.994. The van der Waals surface area contributed by atoms with Crippen molar-refractivity contribution in [2.24, 2.45) is 0 Å². The van der Waals surface area contributed by atoms with Crippen LogP contribution in [-0.4, -0.2) is 51.5 Å². The summed E-state index contributed by atoms with van der Waals surface area (Å²) in [6, 6.07) is 6.00. The standard InChI is InChI=1S/C18H22N4O.C4H6N2.C2H6/c1-3-4-5-15-14(2)21-18(22-8-10-23-11-9-22)12-16(15)17-6-7-19-13-20-17;1-4-2-3-5-6-4;1-2/h4-7,12-13H,3,8-11H2,1-2H3;2-3H,1H3,(H,5,6);1-2H3/b5-4-;;. The molecule has 1 saturated heterocycles. The van der Waals surface area contributed by atoms with Crippen LogP contribution >= 0.6 is 0 Å². The highest BCUT2D eigenvalue weighted by Crippen LogP contribution is 2.29. The van der Waals surface area contributed by atoms with E-state index in [4.69, 9.17) is 9.72 Å². The van der Waals surface area contributed by atoms with Gasteiger partial charge in [-0.05, 0) is 38.5 Å². The highest BCUT2D eigenvalue weighted by atomic mass is 16.5. The maximum absolute atomic E-state index is 5.44. The van der Waals surface area contributed by atoms with Gasteiger partial charge in [-0.25, -0.2) is 15.0 Å². The van der Waals surface area contributed by atoms with Gasteiger partial charge in [0.05, 0.1) is 18.9 Å². The molecule has 166 valence electrons. The van der Waals surface area contributed by atoms with Crippen LogP contribution in [0.5, 0.6) is 0 Å². The van der Waals surface area contributed by atoms with Crippen LogP contribution in [0.3, 0.4) is 0 Å². The van der Waals surface area contributed by atoms with E-state index in [1.807, 2.05) is 32.9 Å². The minimum atomic E-state index is 0.751. The zero-order chi connectivity index (χ0) is 22.5. The number of morpholine rings is 1. The molecule has 1 aliphatic heterocycles. The highest BCUT2D eigenvalue weighted by Gasteiger charge is 2.17. The smallest absolute Gasteiger partial charge is 0.129 e. The first-order valence-corrected chi connectivity index (χ1v) is 10.9. The molecular formula is C24H34N6O. The summed E-state index contributed by atoms with van der Waals surface area (Å²) in [4.78, 5) is 15.5. The van der Waals surface area contributed by atoms with Gasteiger partial charge in [0.15, 0.2) is 0 Å². The van der Waals surface area contributed by atoms with Gasteiger partial charge in [-0.3, -0.25) is 5.10 Å². The zero-order valence-electron chi connectivity index (χ0n) is 19.3. The van der Waals surface area contributed by atoms with Crippen molar-refractivity contribution in [1.29, 1.82) is 0 Å². The summed E-state index contributed by atoms with van der Waals surface area (Å²) in [5, 5.41) is 6.45. The number of pyridine rings is 1. The molecule has 1 aliphatic rings. The van der Waals surface area contributed by atoms with Gasteiger partial charge < -0.3 is 9.64 Å². The van der Waals surface area contributed by atoms with Gasteiger partial charge >= 0.3 is 0 Å². The van der Waals surface area contributed by atoms with Crippen molar-refractivity contribution in [3.63, 3.8) is 0 Å². The Morgan fingerprint density at radius 3 is 2.45 bits per heavy atom. The molecule has 4 heterocycles. The van der Waals surface area contributed by atoms with Crippen molar-refractivity contribution in [1.82, 2.24) is 25.1 Å². The average Bonchev–Trinajstić information content (AvgIpc) is 3.31. The Morgan fingerprint density at radius 1 is 1.13 bits per heavy atom. The topological polar surface area (TPSA) is 79.8 Å². The van der Waals surface area contributed by atoms with Crippen molar-refractivity contribution < 1.29 is 4.74 Å². The molecule has 0 unspecified atom stereocenters. The Kier molecular flexibility index (Phi) is 10.4. The third-order valence-corrected chi connectivity index (χ3v) is 4.59. The molecule has 0 radical (unpaired) electrons. The predicted octanol–water partition coefficient (Wildman–Crippen LogP) is 4.85. The van der Waals surface area contributed by atoms with Crippen LogP contribution in [0.15, 0.2) is 43.0 Å². The van der Waals surface area contributed by atoms with E-state index in [-0.39, 0.29) is 0 Å². The van der Waals surface area contributed by atoms with Gasteiger partial charge in [-0.2, -0.15) is 5.10 Å². The Bertz CT molecular complexity index is 903. The Balaban J connectivity index is 0.000000363. The van der Waals surface area contributed by atoms with E-state index in [0.29, 0.717) is 0 Å². The number of hydrogen-bond donors (Lipinski definition) is 1. The highest BCUT2D eigenvalue weighted by molar-refractivity contribution is 5.76. The molecule has 0 aliphatic carbocycles. The molecule has 0 amide bonds. The molecule has 31 heavy (non-hydrogen) atoms. The van der Waals surface area contributed by atoms with E-state index in [9.17, 15) is 0 Å². The molecule has 3 aromatic heterocycles. The number of H-pyrrole nitrogens is 1. The third kappa shape index (κ3) is 7.29. The van der Waals surface area contributed by atoms with Gasteiger partial charge in [0.1, 0.15) is 12.1 Å². The number of nitrogens with zero attached hydrogens (tertiary/aromatic N) is 5. The molecule has 7 heteroatoms. The van der Waals surface area contributed by atoms with E-state index >= 15 is 0 Å². The summed E-state index contributed by atoms with van der Waals surface area (Å²) in [7, 11) is 0. The Morgan fingerprint density at radius 2 is 1.90 bits per heavy atom. The van der Waals surface area contributed by atoms with E-state index in [1.54, 1.807) is 18.7 Å². The lowest BCUT2D eigenvalue weighted by Crippen LogP contribution is -2.36. The lowest BCUT2D eigenvalue weighted by Gasteiger charge is -2.28. The summed E-state index contributed by atoms with van der Waals surface area (Å²) < 4.78 is 5.44. The van der Waals surface area contributed by atoms with Crippen molar-refractivity contribution in [3.05, 3.63) is 59.9 Å². The number of allylic oxidation sites excluding steroid dienone is 1. The van der Waals surface area contributed by atoms with Crippen LogP contribution in [-0.2, 0) is 4.74 Å². The number of rotatable bonds is 4. The normalized spacial score (nSPS) is 13.3. The summed E-state index contributed by atoms with van der Waals surface area (Å²) in [6.07, 6.45) is 10.4. The van der Waals surface area contributed by atoms with Crippen molar-refractivity contribution in [2.75, 3.05) is 31.2 Å². The molecule has 1 N–H and O–H groups in total. The number of ether oxygens (including phenoxy) is 1. The largest absolute Gasteiger partial charge is 0.378 e. The monoisotopic (exact) mass is 422 g/mol. The molecule has 0 atom stereocenters. The third-order valence-electron chi connectivity index (χ3n) is 4.59. The predicted molar refractivity (Wildman–Crippen MR) is 127 cm³/mol. The first kappa shape index (κ1) is 24.2. The number of aryl methyl sites for hydroxylation is 2. The van der Waals surface area contributed by atoms with E-state index in [0.717, 1.165) is 66.8 Å². The van der Waals surface area contributed by atoms with E-state index in [1.165, 1.54) is 0 Å². The Hall–Kier alpha value is -3.06. The fourth-order valence-electron chi connectivity index (χ4n) is 3.05. The number of aromatic amines is 1. The zero-order valence-corrected chi connectivity index (χ0v) is 19.3. The number of nitrogens with one attached hydrogen (secondary N) is 1. The fraction of sp³-hybridized carbons (Fsp3) is 0.417. The lowest BCUT2D eigenvalue weighted by atomic mass is 10.0. The second-order valence-electron chi connectivity index (χ2n) is 6.77. The Labute approximate surface area is 185 Å². The molecular weight excluding hydrogens is 388 g/mol. The molecule has 0 aromatic carbocycles. The lowest BCUT2D eigenvalue weighted by molar-refractivity contribution is 0.122. The quantitative estimate of drug-likeness (QED) is 0.647. The number of hydrogen-bond acceptors (Lipinski definition) is 6. The van der Waals surface area contributed by atoms with Gasteiger partial charge in [0.25, 0.3) is 0 Å². The van der Waals surface area contributed by atoms with Crippen LogP contribution in [0.1, 0.15) is 44.1 Å². The van der Waals surface area contributed by atoms with Crippen LogP contribution in [0, 0.1) is 13.8 Å². The van der Waals surface area contributed by atoms with E-state index < -0.39 is 0 Å². The van der Waals surface area contributed by atoms with Crippen molar-refractivity contribution in [2.45, 2.75) is 41.0 Å². The summed E-state index contributed by atoms with van der Waals surface area (Å²) in [5.41, 5.74) is 5.28. The van der Waals surface area contributed by atoms with Crippen LogP contribution < -0.4 is 4.90 Å². The molecule has 1 fully saturated rings. The second kappa shape index (κ2) is 13.3. The first-order chi connectivity index (χ1) is 15.2. The van der Waals surface area contributed by atoms with Crippen molar-refractivity contribution in [3.8, 4) is 11.3 Å². The van der Waals surface area contributed by atoms with Crippen LogP contribution in [0.2, 0.25) is 0 Å². The van der Waals surface area contributed by atoms with Crippen LogP contribution in [0.4, 0.5) is 5.82 Å². The molecule has 0 saturated carbocycles. The van der Waals surface area contributed by atoms with E-state index in [2.05, 4.69) is 57.1 Å². The van der Waals surface area contributed by atoms with Gasteiger partial charge in [-0.1, -0.05) is 32.9 Å². The molecule has 4 rings (SSSR count). The van der Waals surface area contributed by atoms with Gasteiger partial charge in [-0.15, -0.1) is 0 Å². The van der Waals surface area contributed by atoms with Gasteiger partial charge in [0, 0.05) is 48.0 Å². The maximum atomic E-state index is 5.44. The first-order valence-electron chi connectivity index (χ1n) is 10.9. The molecule has 0 spiro atoms. The average molecular weight is 423 g/mol. The minimum absolute atomic E-state index is 0.751. The number of aromatic nitrogens is 5. The van der Waals surface area contributed by atoms with Crippen LogP contribution in [0.25, 0.3) is 17.3 Å². The summed E-state index contributed by atoms with van der Waals surface area (Å²) >= 11 is 0. The fourth-order valence-corrected chi connectivity index (χ4v) is 3.05. The SMILES string of the molecule is CC.CC/C=C\c1c(-c2ccncn2)cc(N2CCOCC2)nc1C.Cc1ccn[nH]1. The molecule has 3 aromatic rings. The minimum Gasteiger partial charge on any atom is -0.378 e. The summed E-state index contributed by atoms with van der Waals surface area (Å²) in [6.45, 7) is 13.4. The second-order valence-corrected chi connectivity index (χ2v) is 6.77. The maximum Gasteiger partial charge on any atom is 0.129 e.